The largest absolute Gasteiger partial charge is 0.497 e. The summed E-state index contributed by atoms with van der Waals surface area (Å²) in [7, 11) is -2.00. The van der Waals surface area contributed by atoms with Crippen LogP contribution >= 0.6 is 11.6 Å². The quantitative estimate of drug-likeness (QED) is 0.599. The maximum Gasteiger partial charge on any atom is 0.246 e. The van der Waals surface area contributed by atoms with E-state index in [1.807, 2.05) is 9.80 Å². The third-order valence-corrected chi connectivity index (χ3v) is 8.62. The van der Waals surface area contributed by atoms with Gasteiger partial charge in [0.05, 0.1) is 19.0 Å². The van der Waals surface area contributed by atoms with Crippen molar-refractivity contribution in [3.05, 3.63) is 29.3 Å². The van der Waals surface area contributed by atoms with Crippen LogP contribution in [0.1, 0.15) is 25.7 Å². The predicted octanol–water partition coefficient (Wildman–Crippen LogP) is 3.91. The van der Waals surface area contributed by atoms with Gasteiger partial charge in [-0.15, -0.1) is 0 Å². The normalized spacial score (nSPS) is 21.8. The molecule has 0 spiro atoms. The summed E-state index contributed by atoms with van der Waals surface area (Å²) < 4.78 is 43.8. The van der Waals surface area contributed by atoms with Crippen LogP contribution in [0.25, 0.3) is 0 Å². The van der Waals surface area contributed by atoms with Crippen LogP contribution in [0.5, 0.6) is 17.4 Å². The van der Waals surface area contributed by atoms with Crippen molar-refractivity contribution in [2.45, 2.75) is 36.7 Å². The number of halogens is 1. The average Bonchev–Trinajstić information content (AvgIpc) is 3.52. The Morgan fingerprint density at radius 3 is 2.52 bits per heavy atom. The number of benzene rings is 1. The summed E-state index contributed by atoms with van der Waals surface area (Å²) in [6.45, 7) is 3.21. The molecule has 0 N–H and O–H groups in total. The first-order valence-electron chi connectivity index (χ1n) is 11.4. The summed E-state index contributed by atoms with van der Waals surface area (Å²) in [6.07, 6.45) is 4.03. The molecule has 0 aliphatic carbocycles. The Balaban J connectivity index is 1.63. The second-order valence-corrected chi connectivity index (χ2v) is 11.0. The van der Waals surface area contributed by atoms with Crippen molar-refractivity contribution in [2.75, 3.05) is 55.4 Å². The van der Waals surface area contributed by atoms with Crippen molar-refractivity contribution in [2.24, 2.45) is 0 Å². The van der Waals surface area contributed by atoms with E-state index in [0.717, 1.165) is 45.4 Å². The van der Waals surface area contributed by atoms with Gasteiger partial charge in [-0.2, -0.15) is 4.98 Å². The van der Waals surface area contributed by atoms with E-state index in [-0.39, 0.29) is 27.7 Å². The van der Waals surface area contributed by atoms with Gasteiger partial charge in [-0.1, -0.05) is 11.6 Å². The van der Waals surface area contributed by atoms with E-state index in [0.29, 0.717) is 36.1 Å². The predicted molar refractivity (Wildman–Crippen MR) is 127 cm³/mol. The van der Waals surface area contributed by atoms with Crippen molar-refractivity contribution in [1.29, 1.82) is 0 Å². The molecule has 0 amide bonds. The molecule has 0 bridgehead atoms. The van der Waals surface area contributed by atoms with E-state index in [9.17, 15) is 8.42 Å². The Morgan fingerprint density at radius 1 is 1.12 bits per heavy atom. The lowest BCUT2D eigenvalue weighted by molar-refractivity contribution is 0.115. The number of nitrogens with zero attached hydrogens (tertiary/aromatic N) is 3. The third kappa shape index (κ3) is 4.46. The maximum absolute atomic E-state index is 13.3. The highest BCUT2D eigenvalue weighted by atomic mass is 35.5. The SMILES string of the molecule is COc1ccc(Oc2nc(N3CCCC3)c(Cl)c3c2N(CC2CCCO2)CCS3(=O)=O)cc1. The number of fused-ring (bicyclic) bond motifs is 1. The zero-order valence-corrected chi connectivity index (χ0v) is 20.2. The lowest BCUT2D eigenvalue weighted by atomic mass is 10.2. The molecule has 1 aromatic carbocycles. The molecule has 1 aromatic heterocycles. The van der Waals surface area contributed by atoms with Gasteiger partial charge >= 0.3 is 0 Å². The van der Waals surface area contributed by atoms with Gasteiger partial charge in [0.1, 0.15) is 27.1 Å². The van der Waals surface area contributed by atoms with Crippen LogP contribution in [0.2, 0.25) is 5.02 Å². The monoisotopic (exact) mass is 493 g/mol. The Morgan fingerprint density at radius 2 is 1.85 bits per heavy atom. The lowest BCUT2D eigenvalue weighted by Crippen LogP contribution is -2.40. The summed E-state index contributed by atoms with van der Waals surface area (Å²) in [5.41, 5.74) is 0.431. The minimum absolute atomic E-state index is 0.00211. The molecular weight excluding hydrogens is 466 g/mol. The lowest BCUT2D eigenvalue weighted by Gasteiger charge is -2.35. The molecule has 10 heteroatoms. The second-order valence-electron chi connectivity index (χ2n) is 8.60. The van der Waals surface area contributed by atoms with E-state index in [4.69, 9.17) is 30.8 Å². The van der Waals surface area contributed by atoms with Crippen molar-refractivity contribution in [3.63, 3.8) is 0 Å². The van der Waals surface area contributed by atoms with Crippen molar-refractivity contribution in [3.8, 4) is 17.4 Å². The zero-order chi connectivity index (χ0) is 23.0. The van der Waals surface area contributed by atoms with Crippen LogP contribution in [0.4, 0.5) is 11.5 Å². The molecule has 5 rings (SSSR count). The number of sulfone groups is 1. The summed E-state index contributed by atoms with van der Waals surface area (Å²) in [5, 5.41) is 0.186. The first kappa shape index (κ1) is 22.6. The van der Waals surface area contributed by atoms with Gasteiger partial charge in [0.2, 0.25) is 5.88 Å². The summed E-state index contributed by atoms with van der Waals surface area (Å²) in [6, 6.07) is 7.14. The van der Waals surface area contributed by atoms with E-state index >= 15 is 0 Å². The Kier molecular flexibility index (Phi) is 6.28. The number of methoxy groups -OCH3 is 1. The summed E-state index contributed by atoms with van der Waals surface area (Å²) in [5.74, 6) is 1.97. The second kappa shape index (κ2) is 9.19. The number of ether oxygens (including phenoxy) is 3. The standard InChI is InChI=1S/C23H28ClN3O5S/c1-30-16-6-8-17(9-7-16)32-23-20-21(19(24)22(25-23)26-10-2-3-11-26)33(28,29)14-12-27(20)15-18-5-4-13-31-18/h6-9,18H,2-5,10-15H2,1H3. The van der Waals surface area contributed by atoms with Crippen LogP contribution in [-0.2, 0) is 14.6 Å². The Hall–Kier alpha value is -2.23. The van der Waals surface area contributed by atoms with Gasteiger partial charge in [0.15, 0.2) is 15.7 Å². The molecule has 2 fully saturated rings. The fraction of sp³-hybridized carbons (Fsp3) is 0.522. The molecular formula is C23H28ClN3O5S. The molecule has 1 atom stereocenters. The molecule has 8 nitrogen and oxygen atoms in total. The van der Waals surface area contributed by atoms with Gasteiger partial charge in [-0.05, 0) is 49.9 Å². The van der Waals surface area contributed by atoms with Crippen molar-refractivity contribution in [1.82, 2.24) is 4.98 Å². The van der Waals surface area contributed by atoms with Crippen LogP contribution in [0.3, 0.4) is 0 Å². The topological polar surface area (TPSA) is 81.2 Å². The number of aromatic nitrogens is 1. The van der Waals surface area contributed by atoms with Gasteiger partial charge in [0.25, 0.3) is 0 Å². The molecule has 2 saturated heterocycles. The molecule has 3 aliphatic heterocycles. The van der Waals surface area contributed by atoms with Crippen molar-refractivity contribution >= 4 is 32.9 Å². The van der Waals surface area contributed by atoms with Crippen LogP contribution in [0, 0.1) is 0 Å². The Labute approximate surface area is 199 Å². The van der Waals surface area contributed by atoms with E-state index in [2.05, 4.69) is 0 Å². The number of hydrogen-bond acceptors (Lipinski definition) is 8. The van der Waals surface area contributed by atoms with Crippen LogP contribution < -0.4 is 19.3 Å². The maximum atomic E-state index is 13.3. The molecule has 33 heavy (non-hydrogen) atoms. The highest BCUT2D eigenvalue weighted by Gasteiger charge is 2.39. The smallest absolute Gasteiger partial charge is 0.246 e. The van der Waals surface area contributed by atoms with Crippen molar-refractivity contribution < 1.29 is 22.6 Å². The molecule has 178 valence electrons. The summed E-state index contributed by atoms with van der Waals surface area (Å²) >= 11 is 6.77. The van der Waals surface area contributed by atoms with Crippen LogP contribution in [0.15, 0.2) is 29.2 Å². The fourth-order valence-electron chi connectivity index (χ4n) is 4.69. The van der Waals surface area contributed by atoms with Gasteiger partial charge in [0, 0.05) is 32.8 Å². The highest BCUT2D eigenvalue weighted by molar-refractivity contribution is 7.91. The molecule has 2 aromatic rings. The fourth-order valence-corrected chi connectivity index (χ4v) is 6.83. The minimum Gasteiger partial charge on any atom is -0.497 e. The molecule has 0 radical (unpaired) electrons. The number of rotatable bonds is 6. The van der Waals surface area contributed by atoms with Gasteiger partial charge in [-0.25, -0.2) is 8.42 Å². The van der Waals surface area contributed by atoms with Gasteiger partial charge < -0.3 is 24.0 Å². The van der Waals surface area contributed by atoms with E-state index in [1.54, 1.807) is 31.4 Å². The highest BCUT2D eigenvalue weighted by Crippen LogP contribution is 2.47. The summed E-state index contributed by atoms with van der Waals surface area (Å²) in [4.78, 5) is 8.96. The number of pyridine rings is 1. The van der Waals surface area contributed by atoms with Gasteiger partial charge in [-0.3, -0.25) is 0 Å². The Bertz CT molecular complexity index is 1110. The van der Waals surface area contributed by atoms with E-state index < -0.39 is 9.84 Å². The van der Waals surface area contributed by atoms with E-state index in [1.165, 1.54) is 0 Å². The minimum atomic E-state index is -3.60. The third-order valence-electron chi connectivity index (χ3n) is 6.41. The average molecular weight is 494 g/mol. The molecule has 3 aliphatic rings. The first-order chi connectivity index (χ1) is 16.0. The number of hydrogen-bond donors (Lipinski definition) is 0. The zero-order valence-electron chi connectivity index (χ0n) is 18.6. The molecule has 4 heterocycles. The number of anilines is 2. The molecule has 0 saturated carbocycles. The van der Waals surface area contributed by atoms with Crippen LogP contribution in [-0.4, -0.2) is 65.2 Å². The molecule has 1 unspecified atom stereocenters. The first-order valence-corrected chi connectivity index (χ1v) is 13.4.